The van der Waals surface area contributed by atoms with E-state index in [1.54, 1.807) is 7.05 Å². The Bertz CT molecular complexity index is 499. The number of amides is 1. The van der Waals surface area contributed by atoms with Crippen molar-refractivity contribution in [3.8, 4) is 12.3 Å². The first-order chi connectivity index (χ1) is 8.49. The number of aryl methyl sites for hydroxylation is 1. The highest BCUT2D eigenvalue weighted by Gasteiger charge is 2.19. The van der Waals surface area contributed by atoms with Crippen LogP contribution in [0.1, 0.15) is 30.3 Å². The molecule has 1 aromatic rings. The number of nitrogens with one attached hydrogen (secondary N) is 1. The van der Waals surface area contributed by atoms with E-state index in [4.69, 9.17) is 6.42 Å². The fourth-order valence-corrected chi connectivity index (χ4v) is 1.57. The molecule has 1 aromatic heterocycles. The second kappa shape index (κ2) is 5.87. The quantitative estimate of drug-likeness (QED) is 0.487. The third kappa shape index (κ3) is 3.10. The Hall–Kier alpha value is -2.29. The van der Waals surface area contributed by atoms with Crippen molar-refractivity contribution in [3.05, 3.63) is 28.1 Å². The lowest BCUT2D eigenvalue weighted by Gasteiger charge is -2.14. The number of carbonyl (C=O) groups is 1. The molecule has 1 N–H and O–H groups in total. The van der Waals surface area contributed by atoms with Gasteiger partial charge in [0.1, 0.15) is 5.69 Å². The van der Waals surface area contributed by atoms with E-state index in [-0.39, 0.29) is 23.3 Å². The zero-order chi connectivity index (χ0) is 13.7. The maximum atomic E-state index is 11.9. The molecular weight excluding hydrogens is 234 g/mol. The molecule has 1 atom stereocenters. The summed E-state index contributed by atoms with van der Waals surface area (Å²) in [7, 11) is 1.59. The summed E-state index contributed by atoms with van der Waals surface area (Å²) >= 11 is 0. The summed E-state index contributed by atoms with van der Waals surface area (Å²) < 4.78 is 1.43. The van der Waals surface area contributed by atoms with E-state index in [2.05, 4.69) is 11.2 Å². The van der Waals surface area contributed by atoms with Gasteiger partial charge in [-0.3, -0.25) is 14.9 Å². The Morgan fingerprint density at radius 3 is 2.83 bits per heavy atom. The van der Waals surface area contributed by atoms with Gasteiger partial charge in [-0.2, -0.15) is 0 Å². The van der Waals surface area contributed by atoms with E-state index in [1.807, 2.05) is 6.92 Å². The van der Waals surface area contributed by atoms with Crippen LogP contribution in [0.5, 0.6) is 0 Å². The van der Waals surface area contributed by atoms with Crippen molar-refractivity contribution in [2.45, 2.75) is 25.8 Å². The zero-order valence-corrected chi connectivity index (χ0v) is 10.3. The number of nitro groups is 1. The Kier molecular flexibility index (Phi) is 4.49. The average molecular weight is 249 g/mol. The molecule has 0 aliphatic carbocycles. The SMILES string of the molecule is C#CCC(CC)NC(=O)c1cc([N+](=O)[O-])cn1C. The van der Waals surface area contributed by atoms with Gasteiger partial charge in [-0.15, -0.1) is 12.3 Å². The fourth-order valence-electron chi connectivity index (χ4n) is 1.57. The highest BCUT2D eigenvalue weighted by Crippen LogP contribution is 2.15. The molecule has 0 saturated heterocycles. The molecule has 0 aliphatic heterocycles. The van der Waals surface area contributed by atoms with Gasteiger partial charge in [0.15, 0.2) is 0 Å². The van der Waals surface area contributed by atoms with E-state index >= 15 is 0 Å². The summed E-state index contributed by atoms with van der Waals surface area (Å²) in [6.45, 7) is 1.91. The molecule has 1 amide bonds. The summed E-state index contributed by atoms with van der Waals surface area (Å²) in [6, 6.07) is 1.13. The van der Waals surface area contributed by atoms with Gasteiger partial charge in [0, 0.05) is 25.6 Å². The van der Waals surface area contributed by atoms with Gasteiger partial charge >= 0.3 is 0 Å². The fraction of sp³-hybridized carbons (Fsp3) is 0.417. The molecule has 0 radical (unpaired) electrons. The van der Waals surface area contributed by atoms with Gasteiger partial charge < -0.3 is 9.88 Å². The van der Waals surface area contributed by atoms with Crippen molar-refractivity contribution in [1.82, 2.24) is 9.88 Å². The number of nitrogens with zero attached hydrogens (tertiary/aromatic N) is 2. The van der Waals surface area contributed by atoms with E-state index in [0.717, 1.165) is 0 Å². The summed E-state index contributed by atoms with van der Waals surface area (Å²) in [6.07, 6.45) is 7.65. The molecule has 18 heavy (non-hydrogen) atoms. The van der Waals surface area contributed by atoms with Crippen LogP contribution in [0.4, 0.5) is 5.69 Å². The molecule has 0 aromatic carbocycles. The van der Waals surface area contributed by atoms with Crippen molar-refractivity contribution in [2.75, 3.05) is 0 Å². The highest BCUT2D eigenvalue weighted by molar-refractivity contribution is 5.93. The third-order valence-corrected chi connectivity index (χ3v) is 2.63. The van der Waals surface area contributed by atoms with Crippen LogP contribution in [0.3, 0.4) is 0 Å². The summed E-state index contributed by atoms with van der Waals surface area (Å²) in [5, 5.41) is 13.4. The monoisotopic (exact) mass is 249 g/mol. The summed E-state index contributed by atoms with van der Waals surface area (Å²) in [5.74, 6) is 2.13. The van der Waals surface area contributed by atoms with Crippen molar-refractivity contribution in [1.29, 1.82) is 0 Å². The molecule has 0 spiro atoms. The van der Waals surface area contributed by atoms with Crippen LogP contribution in [-0.4, -0.2) is 21.4 Å². The zero-order valence-electron chi connectivity index (χ0n) is 10.3. The molecule has 0 bridgehead atoms. The van der Waals surface area contributed by atoms with E-state index in [9.17, 15) is 14.9 Å². The van der Waals surface area contributed by atoms with Crippen molar-refractivity contribution < 1.29 is 9.72 Å². The molecule has 0 aliphatic rings. The molecule has 1 rings (SSSR count). The first-order valence-electron chi connectivity index (χ1n) is 5.54. The van der Waals surface area contributed by atoms with Gasteiger partial charge in [0.05, 0.1) is 11.1 Å². The van der Waals surface area contributed by atoms with E-state index in [1.165, 1.54) is 16.8 Å². The summed E-state index contributed by atoms with van der Waals surface area (Å²) in [5.41, 5.74) is 0.143. The van der Waals surface area contributed by atoms with Crippen LogP contribution in [-0.2, 0) is 7.05 Å². The highest BCUT2D eigenvalue weighted by atomic mass is 16.6. The molecule has 0 fully saturated rings. The van der Waals surface area contributed by atoms with Gasteiger partial charge in [-0.1, -0.05) is 6.92 Å². The third-order valence-electron chi connectivity index (χ3n) is 2.63. The van der Waals surface area contributed by atoms with Crippen LogP contribution in [0.25, 0.3) is 0 Å². The van der Waals surface area contributed by atoms with Crippen molar-refractivity contribution in [3.63, 3.8) is 0 Å². The van der Waals surface area contributed by atoms with Crippen LogP contribution in [0.2, 0.25) is 0 Å². The lowest BCUT2D eigenvalue weighted by molar-refractivity contribution is -0.384. The molecule has 96 valence electrons. The topological polar surface area (TPSA) is 77.2 Å². The minimum absolute atomic E-state index is 0.104. The largest absolute Gasteiger partial charge is 0.347 e. The number of aromatic nitrogens is 1. The van der Waals surface area contributed by atoms with E-state index in [0.29, 0.717) is 12.8 Å². The molecular formula is C12H15N3O3. The van der Waals surface area contributed by atoms with E-state index < -0.39 is 4.92 Å². The van der Waals surface area contributed by atoms with Gasteiger partial charge in [0.2, 0.25) is 0 Å². The molecule has 6 nitrogen and oxygen atoms in total. The number of rotatable bonds is 5. The van der Waals surface area contributed by atoms with Crippen LogP contribution in [0, 0.1) is 22.5 Å². The van der Waals surface area contributed by atoms with Crippen molar-refractivity contribution >= 4 is 11.6 Å². The summed E-state index contributed by atoms with van der Waals surface area (Å²) in [4.78, 5) is 22.0. The number of hydrogen-bond donors (Lipinski definition) is 1. The maximum Gasteiger partial charge on any atom is 0.287 e. The van der Waals surface area contributed by atoms with Crippen LogP contribution < -0.4 is 5.32 Å². The lowest BCUT2D eigenvalue weighted by atomic mass is 10.1. The number of carbonyl (C=O) groups excluding carboxylic acids is 1. The second-order valence-electron chi connectivity index (χ2n) is 3.94. The Morgan fingerprint density at radius 2 is 2.39 bits per heavy atom. The molecule has 1 unspecified atom stereocenters. The van der Waals surface area contributed by atoms with Gasteiger partial charge in [-0.25, -0.2) is 0 Å². The number of terminal acetylenes is 1. The Morgan fingerprint density at radius 1 is 1.72 bits per heavy atom. The smallest absolute Gasteiger partial charge is 0.287 e. The van der Waals surface area contributed by atoms with Crippen molar-refractivity contribution in [2.24, 2.45) is 7.05 Å². The lowest BCUT2D eigenvalue weighted by Crippen LogP contribution is -2.35. The van der Waals surface area contributed by atoms with Crippen LogP contribution in [0.15, 0.2) is 12.3 Å². The maximum absolute atomic E-state index is 11.9. The average Bonchev–Trinajstić information content (AvgIpc) is 2.71. The predicted octanol–water partition coefficient (Wildman–Crippen LogP) is 1.47. The molecule has 6 heteroatoms. The minimum Gasteiger partial charge on any atom is -0.347 e. The number of hydrogen-bond acceptors (Lipinski definition) is 3. The van der Waals surface area contributed by atoms with Crippen LogP contribution >= 0.6 is 0 Å². The second-order valence-corrected chi connectivity index (χ2v) is 3.94. The predicted molar refractivity (Wildman–Crippen MR) is 67.1 cm³/mol. The standard InChI is InChI=1S/C12H15N3O3/c1-4-6-9(5-2)13-12(16)11-7-10(15(17)18)8-14(11)3/h1,7-9H,5-6H2,2-3H3,(H,13,16). The Labute approximate surface area is 105 Å². The Balaban J connectivity index is 2.84. The minimum atomic E-state index is -0.532. The first kappa shape index (κ1) is 13.8. The van der Waals surface area contributed by atoms with Gasteiger partial charge in [0.25, 0.3) is 11.6 Å². The normalized spacial score (nSPS) is 11.6. The molecule has 1 heterocycles. The first-order valence-corrected chi connectivity index (χ1v) is 5.54. The van der Waals surface area contributed by atoms with Gasteiger partial charge in [-0.05, 0) is 6.42 Å². The molecule has 0 saturated carbocycles.